The van der Waals surface area contributed by atoms with Crippen molar-refractivity contribution < 1.29 is 14.3 Å². The topological polar surface area (TPSA) is 65.0 Å². The molecule has 0 aliphatic heterocycles. The third-order valence-electron chi connectivity index (χ3n) is 3.73. The second-order valence-electron chi connectivity index (χ2n) is 6.48. The molecule has 5 nitrogen and oxygen atoms in total. The van der Waals surface area contributed by atoms with Crippen molar-refractivity contribution >= 4 is 6.16 Å². The average molecular weight is 309 g/mol. The second kappa shape index (κ2) is 9.38. The molecule has 0 heterocycles. The van der Waals surface area contributed by atoms with Crippen LogP contribution in [0.4, 0.5) is 4.79 Å². The highest BCUT2D eigenvalue weighted by atomic mass is 16.7. The summed E-state index contributed by atoms with van der Waals surface area (Å²) in [5.74, 6) is 0.997. The van der Waals surface area contributed by atoms with E-state index in [1.165, 1.54) is 0 Å². The molecule has 0 saturated carbocycles. The lowest BCUT2D eigenvalue weighted by atomic mass is 9.94. The van der Waals surface area contributed by atoms with Gasteiger partial charge in [-0.1, -0.05) is 31.0 Å². The van der Waals surface area contributed by atoms with Gasteiger partial charge in [-0.3, -0.25) is 0 Å². The molecule has 0 amide bonds. The Labute approximate surface area is 132 Å². The van der Waals surface area contributed by atoms with Gasteiger partial charge in [0, 0.05) is 0 Å². The van der Waals surface area contributed by atoms with Gasteiger partial charge in [0.1, 0.15) is 5.76 Å². The Morgan fingerprint density at radius 1 is 1.36 bits per heavy atom. The minimum absolute atomic E-state index is 0.353. The molecule has 1 aliphatic rings. The van der Waals surface area contributed by atoms with Gasteiger partial charge in [-0.2, -0.15) is 4.91 Å². The van der Waals surface area contributed by atoms with Gasteiger partial charge in [0.2, 0.25) is 0 Å². The minimum atomic E-state index is -0.642. The van der Waals surface area contributed by atoms with Gasteiger partial charge < -0.3 is 9.47 Å². The lowest BCUT2D eigenvalue weighted by Gasteiger charge is -2.17. The fourth-order valence-electron chi connectivity index (χ4n) is 2.21. The van der Waals surface area contributed by atoms with Crippen molar-refractivity contribution in [3.8, 4) is 0 Å². The molecule has 0 N–H and O–H groups in total. The fraction of sp³-hybridized carbons (Fsp3) is 0.706. The smallest absolute Gasteiger partial charge is 0.434 e. The summed E-state index contributed by atoms with van der Waals surface area (Å²) in [7, 11) is 0. The van der Waals surface area contributed by atoms with Crippen LogP contribution in [0.1, 0.15) is 59.3 Å². The molecule has 0 radical (unpaired) electrons. The summed E-state index contributed by atoms with van der Waals surface area (Å²) in [6.07, 6.45) is 10.4. The zero-order valence-corrected chi connectivity index (χ0v) is 13.8. The lowest BCUT2D eigenvalue weighted by molar-refractivity contribution is 0.0746. The van der Waals surface area contributed by atoms with E-state index in [0.717, 1.165) is 38.5 Å². The van der Waals surface area contributed by atoms with Crippen LogP contribution in [0, 0.1) is 10.8 Å². The van der Waals surface area contributed by atoms with E-state index in [1.807, 2.05) is 26.0 Å². The van der Waals surface area contributed by atoms with E-state index >= 15 is 0 Å². The highest BCUT2D eigenvalue weighted by Gasteiger charge is 2.18. The molecule has 1 atom stereocenters. The van der Waals surface area contributed by atoms with E-state index in [0.29, 0.717) is 18.3 Å². The number of hydrogen-bond donors (Lipinski definition) is 0. The maximum absolute atomic E-state index is 11.5. The summed E-state index contributed by atoms with van der Waals surface area (Å²) >= 11 is 0. The van der Waals surface area contributed by atoms with Crippen LogP contribution in [0.25, 0.3) is 0 Å². The number of ether oxygens (including phenoxy) is 2. The van der Waals surface area contributed by atoms with Crippen LogP contribution in [-0.2, 0) is 9.47 Å². The molecule has 5 heteroatoms. The van der Waals surface area contributed by atoms with Crippen molar-refractivity contribution in [2.45, 2.75) is 64.8 Å². The Hall–Kier alpha value is -1.65. The van der Waals surface area contributed by atoms with Gasteiger partial charge in [-0.25, -0.2) is 4.79 Å². The van der Waals surface area contributed by atoms with Crippen LogP contribution in [0.3, 0.4) is 0 Å². The zero-order valence-electron chi connectivity index (χ0n) is 13.8. The van der Waals surface area contributed by atoms with Crippen LogP contribution in [0.15, 0.2) is 29.2 Å². The maximum atomic E-state index is 11.5. The molecule has 0 bridgehead atoms. The van der Waals surface area contributed by atoms with Crippen molar-refractivity contribution in [3.63, 3.8) is 0 Å². The zero-order chi connectivity index (χ0) is 16.4. The Kier molecular flexibility index (Phi) is 7.85. The first kappa shape index (κ1) is 18.4. The van der Waals surface area contributed by atoms with Gasteiger partial charge in [0.05, 0.1) is 12.1 Å². The summed E-state index contributed by atoms with van der Waals surface area (Å²) in [4.78, 5) is 22.1. The number of hydrogen-bond acceptors (Lipinski definition) is 5. The molecule has 124 valence electrons. The molecule has 1 rings (SSSR count). The number of nitrogens with zero attached hydrogens (tertiary/aromatic N) is 1. The molecular weight excluding hydrogens is 282 g/mol. The molecule has 0 fully saturated rings. The van der Waals surface area contributed by atoms with Crippen LogP contribution < -0.4 is 0 Å². The van der Waals surface area contributed by atoms with Crippen LogP contribution in [0.5, 0.6) is 0 Å². The normalized spacial score (nSPS) is 15.9. The second-order valence-corrected chi connectivity index (χ2v) is 6.48. The van der Waals surface area contributed by atoms with E-state index in [9.17, 15) is 9.70 Å². The minimum Gasteiger partial charge on any atom is -0.434 e. The number of carbonyl (C=O) groups excluding carboxylic acids is 1. The van der Waals surface area contributed by atoms with E-state index in [1.54, 1.807) is 6.08 Å². The molecule has 0 spiro atoms. The summed E-state index contributed by atoms with van der Waals surface area (Å²) in [6.45, 7) is 6.16. The van der Waals surface area contributed by atoms with Gasteiger partial charge in [-0.05, 0) is 57.6 Å². The Morgan fingerprint density at radius 3 is 2.77 bits per heavy atom. The molecule has 0 aromatic carbocycles. The van der Waals surface area contributed by atoms with Crippen LogP contribution in [-0.4, -0.2) is 18.3 Å². The maximum Gasteiger partial charge on any atom is 0.513 e. The van der Waals surface area contributed by atoms with Gasteiger partial charge in [-0.15, -0.1) is 0 Å². The molecule has 0 aromatic rings. The van der Waals surface area contributed by atoms with Gasteiger partial charge >= 0.3 is 6.16 Å². The average Bonchev–Trinajstić information content (AvgIpc) is 2.48. The first-order valence-corrected chi connectivity index (χ1v) is 7.99. The van der Waals surface area contributed by atoms with Crippen molar-refractivity contribution in [1.82, 2.24) is 0 Å². The lowest BCUT2D eigenvalue weighted by Crippen LogP contribution is -2.16. The molecule has 0 saturated heterocycles. The third-order valence-corrected chi connectivity index (χ3v) is 3.73. The van der Waals surface area contributed by atoms with Crippen LogP contribution in [0.2, 0.25) is 0 Å². The first-order chi connectivity index (χ1) is 10.4. The standard InChI is InChI=1S/C17H27NO4/c1-14(8-7-12-17(2,3)18-20)11-13-21-16(19)22-15-9-5-4-6-10-15/h5,9-10,14H,4,6-8,11-13H2,1-3H3. The first-order valence-electron chi connectivity index (χ1n) is 7.99. The molecule has 1 aliphatic carbocycles. The third kappa shape index (κ3) is 7.96. The van der Waals surface area contributed by atoms with Gasteiger partial charge in [0.15, 0.2) is 0 Å². The highest BCUT2D eigenvalue weighted by molar-refractivity contribution is 5.62. The number of allylic oxidation sites excluding steroid dienone is 3. The van der Waals surface area contributed by atoms with E-state index in [-0.39, 0.29) is 0 Å². The summed E-state index contributed by atoms with van der Waals surface area (Å²) in [6, 6.07) is 0. The fourth-order valence-corrected chi connectivity index (χ4v) is 2.21. The summed E-state index contributed by atoms with van der Waals surface area (Å²) in [5.41, 5.74) is -0.485. The van der Waals surface area contributed by atoms with E-state index in [2.05, 4.69) is 12.1 Å². The monoisotopic (exact) mass is 309 g/mol. The van der Waals surface area contributed by atoms with Crippen LogP contribution >= 0.6 is 0 Å². The predicted octanol–water partition coefficient (Wildman–Crippen LogP) is 5.12. The quantitative estimate of drug-likeness (QED) is 0.438. The Morgan fingerprint density at radius 2 is 2.14 bits per heavy atom. The van der Waals surface area contributed by atoms with Crippen molar-refractivity contribution in [3.05, 3.63) is 28.9 Å². The Balaban J connectivity index is 2.10. The Bertz CT molecular complexity index is 426. The number of nitroso groups, excluding NO2 is 1. The number of rotatable bonds is 9. The van der Waals surface area contributed by atoms with Crippen molar-refractivity contribution in [2.75, 3.05) is 6.61 Å². The SMILES string of the molecule is CC(CCCC(C)(C)N=O)CCOC(=O)OC1=CCCC=C1. The summed E-state index contributed by atoms with van der Waals surface area (Å²) in [5, 5.41) is 3.11. The van der Waals surface area contributed by atoms with Crippen molar-refractivity contribution in [1.29, 1.82) is 0 Å². The summed E-state index contributed by atoms with van der Waals surface area (Å²) < 4.78 is 10.2. The largest absolute Gasteiger partial charge is 0.513 e. The molecule has 1 unspecified atom stereocenters. The molecule has 0 aromatic heterocycles. The van der Waals surface area contributed by atoms with E-state index in [4.69, 9.17) is 9.47 Å². The van der Waals surface area contributed by atoms with Crippen molar-refractivity contribution in [2.24, 2.45) is 11.1 Å². The number of carbonyl (C=O) groups is 1. The predicted molar refractivity (Wildman–Crippen MR) is 86.4 cm³/mol. The molecule has 22 heavy (non-hydrogen) atoms. The molecular formula is C17H27NO4. The highest BCUT2D eigenvalue weighted by Crippen LogP contribution is 2.20. The van der Waals surface area contributed by atoms with E-state index < -0.39 is 11.7 Å². The van der Waals surface area contributed by atoms with Gasteiger partial charge in [0.25, 0.3) is 0 Å².